The van der Waals surface area contributed by atoms with E-state index in [1.54, 1.807) is 12.1 Å². The third-order valence-corrected chi connectivity index (χ3v) is 9.36. The molecular weight excluding hydrogens is 520 g/mol. The number of piperidine rings is 1. The van der Waals surface area contributed by atoms with Gasteiger partial charge < -0.3 is 10.2 Å². The van der Waals surface area contributed by atoms with Crippen LogP contribution in [0.4, 0.5) is 0 Å². The zero-order valence-electron chi connectivity index (χ0n) is 22.5. The third-order valence-electron chi connectivity index (χ3n) is 9.03. The first kappa shape index (κ1) is 26.6. The predicted molar refractivity (Wildman–Crippen MR) is 155 cm³/mol. The van der Waals surface area contributed by atoms with E-state index in [1.807, 2.05) is 53.4 Å². The number of aryl methyl sites for hydroxylation is 1. The fraction of sp³-hybridized carbons (Fsp3) is 0.364. The lowest BCUT2D eigenvalue weighted by Crippen LogP contribution is -2.42. The summed E-state index contributed by atoms with van der Waals surface area (Å²) in [5.41, 5.74) is 5.51. The molecule has 40 heavy (non-hydrogen) atoms. The van der Waals surface area contributed by atoms with Gasteiger partial charge in [0.2, 0.25) is 0 Å². The van der Waals surface area contributed by atoms with E-state index in [0.29, 0.717) is 21.7 Å². The van der Waals surface area contributed by atoms with Crippen LogP contribution in [0.25, 0.3) is 0 Å². The molecule has 0 aromatic heterocycles. The van der Waals surface area contributed by atoms with E-state index in [-0.39, 0.29) is 23.3 Å². The number of rotatable bonds is 5. The molecule has 1 aliphatic carbocycles. The SMILES string of the molecule is N#Cc1ccc(CN2CCC3(CC2)CCN(C(=O)c2ccc4c(c2)C(NC(=O)c2ccccc2Cl)CC4)C3)cc1. The molecule has 1 spiro atoms. The van der Waals surface area contributed by atoms with E-state index in [1.165, 1.54) is 11.1 Å². The van der Waals surface area contributed by atoms with Crippen LogP contribution in [-0.2, 0) is 13.0 Å². The van der Waals surface area contributed by atoms with E-state index in [0.717, 1.165) is 70.4 Å². The van der Waals surface area contributed by atoms with Gasteiger partial charge in [0, 0.05) is 25.2 Å². The van der Waals surface area contributed by atoms with E-state index in [2.05, 4.69) is 22.4 Å². The zero-order valence-corrected chi connectivity index (χ0v) is 23.3. The van der Waals surface area contributed by atoms with Gasteiger partial charge in [-0.1, -0.05) is 41.9 Å². The van der Waals surface area contributed by atoms with E-state index >= 15 is 0 Å². The summed E-state index contributed by atoms with van der Waals surface area (Å²) >= 11 is 6.24. The van der Waals surface area contributed by atoms with Crippen molar-refractivity contribution in [3.63, 3.8) is 0 Å². The summed E-state index contributed by atoms with van der Waals surface area (Å²) in [6.07, 6.45) is 4.92. The molecule has 204 valence electrons. The molecule has 1 atom stereocenters. The number of nitriles is 1. The number of benzene rings is 3. The Hall–Kier alpha value is -3.66. The Morgan fingerprint density at radius 2 is 1.75 bits per heavy atom. The number of hydrogen-bond donors (Lipinski definition) is 1. The number of amides is 2. The number of likely N-dealkylation sites (tertiary alicyclic amines) is 2. The molecule has 3 aliphatic rings. The van der Waals surface area contributed by atoms with E-state index < -0.39 is 0 Å². The molecule has 2 aliphatic heterocycles. The van der Waals surface area contributed by atoms with Gasteiger partial charge in [0.25, 0.3) is 11.8 Å². The van der Waals surface area contributed by atoms with Crippen molar-refractivity contribution in [1.82, 2.24) is 15.1 Å². The first-order chi connectivity index (χ1) is 19.4. The Morgan fingerprint density at radius 1 is 1.00 bits per heavy atom. The van der Waals surface area contributed by atoms with Crippen molar-refractivity contribution in [3.05, 3.63) is 105 Å². The summed E-state index contributed by atoms with van der Waals surface area (Å²) in [7, 11) is 0. The minimum Gasteiger partial charge on any atom is -0.345 e. The van der Waals surface area contributed by atoms with Crippen LogP contribution >= 0.6 is 11.6 Å². The Kier molecular flexibility index (Phi) is 7.35. The summed E-state index contributed by atoms with van der Waals surface area (Å²) in [5.74, 6) is -0.102. The van der Waals surface area contributed by atoms with Crippen LogP contribution in [-0.4, -0.2) is 47.8 Å². The molecule has 2 fully saturated rings. The standard InChI is InChI=1S/C33H33ClN4O2/c34-29-4-2-1-3-27(29)31(39)36-30-12-11-25-9-10-26(19-28(25)30)32(40)38-18-15-33(22-38)13-16-37(17-14-33)21-24-7-5-23(20-35)6-8-24/h1-10,19,30H,11-18,21-22H2,(H,36,39). The van der Waals surface area contributed by atoms with Crippen LogP contribution in [0.15, 0.2) is 66.7 Å². The molecule has 2 amide bonds. The number of hydrogen-bond acceptors (Lipinski definition) is 4. The van der Waals surface area contributed by atoms with Gasteiger partial charge >= 0.3 is 0 Å². The molecule has 2 saturated heterocycles. The fourth-order valence-electron chi connectivity index (χ4n) is 6.59. The van der Waals surface area contributed by atoms with Crippen LogP contribution in [0.2, 0.25) is 5.02 Å². The maximum atomic E-state index is 13.6. The van der Waals surface area contributed by atoms with Crippen molar-refractivity contribution in [3.8, 4) is 6.07 Å². The molecule has 1 N–H and O–H groups in total. The van der Waals surface area contributed by atoms with Crippen molar-refractivity contribution in [2.75, 3.05) is 26.2 Å². The van der Waals surface area contributed by atoms with Gasteiger partial charge in [-0.3, -0.25) is 14.5 Å². The number of halogens is 1. The molecule has 6 rings (SSSR count). The average Bonchev–Trinajstić information content (AvgIpc) is 3.58. The lowest BCUT2D eigenvalue weighted by Gasteiger charge is -2.39. The monoisotopic (exact) mass is 552 g/mol. The Labute approximate surface area is 240 Å². The molecule has 0 radical (unpaired) electrons. The summed E-state index contributed by atoms with van der Waals surface area (Å²) in [5, 5.41) is 12.6. The van der Waals surface area contributed by atoms with Crippen molar-refractivity contribution >= 4 is 23.4 Å². The first-order valence-electron chi connectivity index (χ1n) is 14.1. The Morgan fingerprint density at radius 3 is 2.50 bits per heavy atom. The third kappa shape index (κ3) is 5.37. The van der Waals surface area contributed by atoms with Gasteiger partial charge in [-0.05, 0) is 104 Å². The summed E-state index contributed by atoms with van der Waals surface area (Å²) in [6.45, 7) is 4.54. The summed E-state index contributed by atoms with van der Waals surface area (Å²) in [6, 6.07) is 23.0. The molecule has 0 bridgehead atoms. The topological polar surface area (TPSA) is 76.4 Å². The number of nitrogens with one attached hydrogen (secondary N) is 1. The molecular formula is C33H33ClN4O2. The molecule has 1 unspecified atom stereocenters. The van der Waals surface area contributed by atoms with Crippen LogP contribution in [0.1, 0.15) is 74.7 Å². The van der Waals surface area contributed by atoms with E-state index in [9.17, 15) is 9.59 Å². The highest BCUT2D eigenvalue weighted by molar-refractivity contribution is 6.33. The summed E-state index contributed by atoms with van der Waals surface area (Å²) in [4.78, 5) is 31.0. The minimum atomic E-state index is -0.188. The van der Waals surface area contributed by atoms with Gasteiger partial charge in [0.15, 0.2) is 0 Å². The van der Waals surface area contributed by atoms with Crippen molar-refractivity contribution < 1.29 is 9.59 Å². The Balaban J connectivity index is 1.07. The second-order valence-electron chi connectivity index (χ2n) is 11.5. The van der Waals surface area contributed by atoms with Crippen LogP contribution in [0, 0.1) is 16.7 Å². The smallest absolute Gasteiger partial charge is 0.253 e. The fourth-order valence-corrected chi connectivity index (χ4v) is 6.82. The number of nitrogens with zero attached hydrogens (tertiary/aromatic N) is 3. The molecule has 3 aromatic carbocycles. The quantitative estimate of drug-likeness (QED) is 0.437. The molecule has 7 heteroatoms. The van der Waals surface area contributed by atoms with Crippen LogP contribution in [0.3, 0.4) is 0 Å². The summed E-state index contributed by atoms with van der Waals surface area (Å²) < 4.78 is 0. The second kappa shape index (κ2) is 11.1. The maximum Gasteiger partial charge on any atom is 0.253 e. The molecule has 6 nitrogen and oxygen atoms in total. The van der Waals surface area contributed by atoms with Crippen molar-refractivity contribution in [2.45, 2.75) is 44.7 Å². The highest BCUT2D eigenvalue weighted by Crippen LogP contribution is 2.41. The molecule has 2 heterocycles. The lowest BCUT2D eigenvalue weighted by molar-refractivity contribution is 0.0713. The number of carbonyl (C=O) groups excluding carboxylic acids is 2. The first-order valence-corrected chi connectivity index (χ1v) is 14.5. The van der Waals surface area contributed by atoms with Gasteiger partial charge in [0.05, 0.1) is 28.3 Å². The predicted octanol–water partition coefficient (Wildman–Crippen LogP) is 5.76. The van der Waals surface area contributed by atoms with Crippen molar-refractivity contribution in [2.24, 2.45) is 5.41 Å². The highest BCUT2D eigenvalue weighted by Gasteiger charge is 2.42. The van der Waals surface area contributed by atoms with E-state index in [4.69, 9.17) is 16.9 Å². The number of fused-ring (bicyclic) bond motifs is 1. The second-order valence-corrected chi connectivity index (χ2v) is 11.9. The van der Waals surface area contributed by atoms with Crippen LogP contribution < -0.4 is 5.32 Å². The zero-order chi connectivity index (χ0) is 27.7. The highest BCUT2D eigenvalue weighted by atomic mass is 35.5. The lowest BCUT2D eigenvalue weighted by atomic mass is 9.77. The number of carbonyl (C=O) groups is 2. The minimum absolute atomic E-state index is 0.0859. The van der Waals surface area contributed by atoms with Gasteiger partial charge in [-0.25, -0.2) is 0 Å². The molecule has 3 aromatic rings. The normalized spacial score (nSPS) is 19.8. The largest absolute Gasteiger partial charge is 0.345 e. The maximum absolute atomic E-state index is 13.6. The van der Waals surface area contributed by atoms with Gasteiger partial charge in [0.1, 0.15) is 0 Å². The van der Waals surface area contributed by atoms with Crippen LogP contribution in [0.5, 0.6) is 0 Å². The Bertz CT molecular complexity index is 1470. The van der Waals surface area contributed by atoms with Crippen molar-refractivity contribution in [1.29, 1.82) is 5.26 Å². The molecule has 0 saturated carbocycles. The van der Waals surface area contributed by atoms with Gasteiger partial charge in [-0.15, -0.1) is 0 Å². The van der Waals surface area contributed by atoms with Gasteiger partial charge in [-0.2, -0.15) is 5.26 Å². The average molecular weight is 553 g/mol.